The van der Waals surface area contributed by atoms with Crippen molar-refractivity contribution in [3.8, 4) is 0 Å². The quantitative estimate of drug-likeness (QED) is 0.196. The summed E-state index contributed by atoms with van der Waals surface area (Å²) in [5.74, 6) is -0.986. The van der Waals surface area contributed by atoms with Crippen LogP contribution in [0, 0.1) is 5.92 Å². The van der Waals surface area contributed by atoms with Crippen LogP contribution in [-0.2, 0) is 20.6 Å². The Kier molecular flexibility index (Phi) is 11.2. The van der Waals surface area contributed by atoms with E-state index in [0.717, 1.165) is 18.4 Å². The molecule has 29 heavy (non-hydrogen) atoms. The molecular weight excluding hydrogens is 366 g/mol. The van der Waals surface area contributed by atoms with E-state index in [9.17, 15) is 0 Å². The highest BCUT2D eigenvalue weighted by atomic mass is 16.9. The number of methoxy groups -OCH3 is 3. The van der Waals surface area contributed by atoms with Gasteiger partial charge in [0.05, 0.1) is 0 Å². The second-order valence-corrected chi connectivity index (χ2v) is 7.73. The monoisotopic (exact) mass is 407 g/mol. The first-order chi connectivity index (χ1) is 13.9. The van der Waals surface area contributed by atoms with Gasteiger partial charge >= 0.3 is 5.97 Å². The molecule has 0 fully saturated rings. The molecule has 0 aliphatic rings. The van der Waals surface area contributed by atoms with E-state index in [2.05, 4.69) is 26.0 Å². The number of hydrogen-bond acceptors (Lipinski definition) is 4. The van der Waals surface area contributed by atoms with E-state index < -0.39 is 11.5 Å². The molecule has 4 N–H and O–H groups in total. The number of aliphatic imine (C=N–C) groups is 1. The molecule has 0 aromatic heterocycles. The summed E-state index contributed by atoms with van der Waals surface area (Å²) in [6, 6.07) is 10.1. The largest absolute Gasteiger partial charge is 0.370 e. The predicted molar refractivity (Wildman–Crippen MR) is 120 cm³/mol. The van der Waals surface area contributed by atoms with Gasteiger partial charge in [-0.05, 0) is 17.9 Å². The van der Waals surface area contributed by atoms with Crippen molar-refractivity contribution in [3.05, 3.63) is 35.9 Å². The minimum absolute atomic E-state index is 0.00251. The van der Waals surface area contributed by atoms with Crippen LogP contribution in [0.25, 0.3) is 0 Å². The van der Waals surface area contributed by atoms with Gasteiger partial charge in [-0.15, -0.1) is 0 Å². The second kappa shape index (κ2) is 12.8. The number of unbranched alkanes of at least 4 members (excludes halogenated alkanes) is 3. The van der Waals surface area contributed by atoms with Crippen LogP contribution in [0.2, 0.25) is 0 Å². The van der Waals surface area contributed by atoms with Crippen LogP contribution in [0.1, 0.15) is 64.4 Å². The molecule has 2 unspecified atom stereocenters. The molecule has 6 heteroatoms. The fourth-order valence-electron chi connectivity index (χ4n) is 4.25. The van der Waals surface area contributed by atoms with Crippen molar-refractivity contribution in [1.82, 2.24) is 0 Å². The van der Waals surface area contributed by atoms with Crippen LogP contribution in [0.3, 0.4) is 0 Å². The average molecular weight is 408 g/mol. The number of guanidine groups is 1. The maximum atomic E-state index is 5.91. The average Bonchev–Trinajstić information content (AvgIpc) is 2.72. The molecule has 6 nitrogen and oxygen atoms in total. The molecule has 0 aliphatic heterocycles. The Labute approximate surface area is 177 Å². The Balaban J connectivity index is 3.36. The SMILES string of the molecule is CCCCCCC(CC)CC(Cc1ccccc1)(N=C(N)N)C(OC)(OC)OC. The van der Waals surface area contributed by atoms with Crippen LogP contribution in [0.4, 0.5) is 0 Å². The zero-order valence-corrected chi connectivity index (χ0v) is 18.9. The normalized spacial score (nSPS) is 14.9. The Morgan fingerprint density at radius 1 is 0.966 bits per heavy atom. The van der Waals surface area contributed by atoms with Crippen molar-refractivity contribution >= 4 is 5.96 Å². The fourth-order valence-corrected chi connectivity index (χ4v) is 4.25. The molecule has 0 heterocycles. The minimum atomic E-state index is -1.40. The van der Waals surface area contributed by atoms with Gasteiger partial charge < -0.3 is 25.7 Å². The van der Waals surface area contributed by atoms with E-state index in [1.54, 1.807) is 21.3 Å². The maximum Gasteiger partial charge on any atom is 0.309 e. The highest BCUT2D eigenvalue weighted by Gasteiger charge is 2.55. The summed E-state index contributed by atoms with van der Waals surface area (Å²) in [7, 11) is 4.70. The van der Waals surface area contributed by atoms with E-state index in [1.165, 1.54) is 25.7 Å². The van der Waals surface area contributed by atoms with Crippen molar-refractivity contribution in [2.75, 3.05) is 21.3 Å². The van der Waals surface area contributed by atoms with Crippen molar-refractivity contribution in [2.45, 2.75) is 76.7 Å². The van der Waals surface area contributed by atoms with E-state index in [4.69, 9.17) is 30.7 Å². The number of hydrogen-bond donors (Lipinski definition) is 2. The van der Waals surface area contributed by atoms with Gasteiger partial charge in [0.1, 0.15) is 0 Å². The highest BCUT2D eigenvalue weighted by molar-refractivity contribution is 5.76. The molecule has 1 aromatic carbocycles. The minimum Gasteiger partial charge on any atom is -0.370 e. The van der Waals surface area contributed by atoms with Crippen LogP contribution in [0.15, 0.2) is 35.3 Å². The van der Waals surface area contributed by atoms with Gasteiger partial charge in [0.2, 0.25) is 0 Å². The number of ether oxygens (including phenoxy) is 3. The fraction of sp³-hybridized carbons (Fsp3) is 0.696. The second-order valence-electron chi connectivity index (χ2n) is 7.73. The molecule has 166 valence electrons. The van der Waals surface area contributed by atoms with Gasteiger partial charge in [-0.1, -0.05) is 82.7 Å². The third-order valence-electron chi connectivity index (χ3n) is 5.73. The molecule has 0 saturated heterocycles. The van der Waals surface area contributed by atoms with Gasteiger partial charge in [-0.3, -0.25) is 0 Å². The first kappa shape index (κ1) is 25.4. The van der Waals surface area contributed by atoms with Gasteiger partial charge in [0, 0.05) is 27.8 Å². The summed E-state index contributed by atoms with van der Waals surface area (Å²) in [5.41, 5.74) is 12.0. The molecule has 2 atom stereocenters. The topological polar surface area (TPSA) is 92.1 Å². The van der Waals surface area contributed by atoms with Crippen LogP contribution in [0.5, 0.6) is 0 Å². The first-order valence-corrected chi connectivity index (χ1v) is 10.7. The van der Waals surface area contributed by atoms with Crippen molar-refractivity contribution in [3.63, 3.8) is 0 Å². The number of nitrogens with two attached hydrogens (primary N) is 2. The third-order valence-corrected chi connectivity index (χ3v) is 5.73. The lowest BCUT2D eigenvalue weighted by Gasteiger charge is -2.45. The van der Waals surface area contributed by atoms with E-state index in [1.807, 2.05) is 18.2 Å². The molecule has 0 aliphatic carbocycles. The molecule has 0 spiro atoms. The zero-order chi connectivity index (χ0) is 21.8. The lowest BCUT2D eigenvalue weighted by Crippen LogP contribution is -2.60. The summed E-state index contributed by atoms with van der Waals surface area (Å²) in [4.78, 5) is 4.72. The molecule has 0 bridgehead atoms. The summed E-state index contributed by atoms with van der Waals surface area (Å²) < 4.78 is 17.4. The summed E-state index contributed by atoms with van der Waals surface area (Å²) in [5, 5.41) is 0. The summed E-state index contributed by atoms with van der Waals surface area (Å²) in [6.07, 6.45) is 8.28. The van der Waals surface area contributed by atoms with Crippen molar-refractivity contribution in [2.24, 2.45) is 22.4 Å². The molecule has 0 radical (unpaired) electrons. The van der Waals surface area contributed by atoms with Gasteiger partial charge in [-0.25, -0.2) is 4.99 Å². The Morgan fingerprint density at radius 3 is 2.07 bits per heavy atom. The van der Waals surface area contributed by atoms with E-state index in [0.29, 0.717) is 18.8 Å². The van der Waals surface area contributed by atoms with Gasteiger partial charge in [-0.2, -0.15) is 0 Å². The predicted octanol–water partition coefficient (Wildman–Crippen LogP) is 4.22. The molecular formula is C23H41N3O3. The van der Waals surface area contributed by atoms with Crippen LogP contribution < -0.4 is 11.5 Å². The van der Waals surface area contributed by atoms with E-state index in [-0.39, 0.29) is 5.96 Å². The summed E-state index contributed by atoms with van der Waals surface area (Å²) in [6.45, 7) is 4.44. The highest BCUT2D eigenvalue weighted by Crippen LogP contribution is 2.41. The smallest absolute Gasteiger partial charge is 0.309 e. The molecule has 0 amide bonds. The number of benzene rings is 1. The van der Waals surface area contributed by atoms with Gasteiger partial charge in [0.15, 0.2) is 11.5 Å². The lowest BCUT2D eigenvalue weighted by molar-refractivity contribution is -0.385. The molecule has 0 saturated carbocycles. The molecule has 1 rings (SSSR count). The Morgan fingerprint density at radius 2 is 1.59 bits per heavy atom. The standard InChI is InChI=1S/C23H41N3O3/c1-6-8-9-11-14-19(7-2)17-22(26-21(24)25,23(27-3,28-4)29-5)18-20-15-12-10-13-16-20/h10,12-13,15-16,19H,6-9,11,14,17-18H2,1-5H3,(H4,24,25,26). The van der Waals surface area contributed by atoms with Crippen molar-refractivity contribution in [1.29, 1.82) is 0 Å². The molecule has 1 aromatic rings. The Bertz CT molecular complexity index is 578. The van der Waals surface area contributed by atoms with Crippen molar-refractivity contribution < 1.29 is 14.2 Å². The van der Waals surface area contributed by atoms with Crippen LogP contribution >= 0.6 is 0 Å². The maximum absolute atomic E-state index is 5.91. The Hall–Kier alpha value is -1.63. The third kappa shape index (κ3) is 6.98. The summed E-state index contributed by atoms with van der Waals surface area (Å²) >= 11 is 0. The number of nitrogens with zero attached hydrogens (tertiary/aromatic N) is 1. The van der Waals surface area contributed by atoms with Crippen LogP contribution in [-0.4, -0.2) is 38.8 Å². The number of rotatable bonds is 15. The lowest BCUT2D eigenvalue weighted by atomic mass is 9.77. The first-order valence-electron chi connectivity index (χ1n) is 10.7. The van der Waals surface area contributed by atoms with Gasteiger partial charge in [0.25, 0.3) is 0 Å². The zero-order valence-electron chi connectivity index (χ0n) is 18.9. The van der Waals surface area contributed by atoms with E-state index >= 15 is 0 Å².